The fourth-order valence-electron chi connectivity index (χ4n) is 6.61. The summed E-state index contributed by atoms with van der Waals surface area (Å²) in [6.07, 6.45) is 2.29. The van der Waals surface area contributed by atoms with Gasteiger partial charge in [-0.15, -0.1) is 0 Å². The van der Waals surface area contributed by atoms with Crippen LogP contribution in [0.1, 0.15) is 64.5 Å². The van der Waals surface area contributed by atoms with Gasteiger partial charge in [0.05, 0.1) is 30.4 Å². The summed E-state index contributed by atoms with van der Waals surface area (Å²) in [6, 6.07) is 5.42. The van der Waals surface area contributed by atoms with Crippen molar-refractivity contribution >= 4 is 11.8 Å². The number of halogens is 3. The maximum absolute atomic E-state index is 13.2. The van der Waals surface area contributed by atoms with Gasteiger partial charge < -0.3 is 24.7 Å². The van der Waals surface area contributed by atoms with E-state index in [0.717, 1.165) is 56.5 Å². The van der Waals surface area contributed by atoms with Crippen LogP contribution in [0.4, 0.5) is 13.2 Å². The van der Waals surface area contributed by atoms with Gasteiger partial charge in [-0.2, -0.15) is 13.2 Å². The second kappa shape index (κ2) is 11.2. The smallest absolute Gasteiger partial charge is 0.381 e. The van der Waals surface area contributed by atoms with E-state index in [1.165, 1.54) is 16.5 Å². The van der Waals surface area contributed by atoms with Gasteiger partial charge in [0.25, 0.3) is 5.91 Å². The van der Waals surface area contributed by atoms with Crippen LogP contribution in [0.25, 0.3) is 0 Å². The van der Waals surface area contributed by atoms with Crippen molar-refractivity contribution in [2.45, 2.75) is 69.0 Å². The standard InChI is InChI=1S/C29H35F3N4O4/c30-29(31,32)20-5-3-18-8-11-35(28(38)22(18)14-20)17-26(37)34-23-15-36(21-2-1-12-39-13-9-21)16-25(23)40-24-6-4-19-7-10-33-27(19)24/h3,5,7,10,14,21,23-25,33H,1-2,4,6,8-9,11-13,15-17H2,(H,34,37)/t21?,23?,24?,25-/m0/s1. The predicted octanol–water partition coefficient (Wildman–Crippen LogP) is 3.47. The number of aromatic amines is 1. The molecule has 2 amide bonds. The number of rotatable bonds is 6. The Morgan fingerprint density at radius 2 is 1.98 bits per heavy atom. The van der Waals surface area contributed by atoms with Crippen molar-refractivity contribution in [2.75, 3.05) is 39.4 Å². The van der Waals surface area contributed by atoms with Crippen molar-refractivity contribution in [3.63, 3.8) is 0 Å². The van der Waals surface area contributed by atoms with Crippen LogP contribution in [0.5, 0.6) is 0 Å². The first kappa shape index (κ1) is 27.3. The molecule has 2 fully saturated rings. The van der Waals surface area contributed by atoms with Crippen LogP contribution < -0.4 is 5.32 Å². The first-order chi connectivity index (χ1) is 19.3. The number of fused-ring (bicyclic) bond motifs is 2. The Balaban J connectivity index is 1.13. The number of nitrogens with zero attached hydrogens (tertiary/aromatic N) is 2. The van der Waals surface area contributed by atoms with Gasteiger partial charge in [-0.05, 0) is 67.9 Å². The third kappa shape index (κ3) is 5.64. The first-order valence-electron chi connectivity index (χ1n) is 14.2. The molecule has 1 aromatic carbocycles. The number of ether oxygens (including phenoxy) is 2. The topological polar surface area (TPSA) is 86.9 Å². The third-order valence-electron chi connectivity index (χ3n) is 8.73. The zero-order valence-electron chi connectivity index (χ0n) is 22.3. The number of aromatic nitrogens is 1. The van der Waals surface area contributed by atoms with Crippen LogP contribution in [0.15, 0.2) is 30.5 Å². The molecular weight excluding hydrogens is 525 g/mol. The van der Waals surface area contributed by atoms with Gasteiger partial charge in [-0.1, -0.05) is 6.07 Å². The van der Waals surface area contributed by atoms with Crippen LogP contribution in [-0.2, 0) is 33.3 Å². The highest BCUT2D eigenvalue weighted by atomic mass is 19.4. The highest BCUT2D eigenvalue weighted by molar-refractivity contribution is 5.99. The number of amides is 2. The molecule has 4 aliphatic rings. The van der Waals surface area contributed by atoms with Crippen molar-refractivity contribution in [3.05, 3.63) is 58.4 Å². The molecule has 6 rings (SSSR count). The normalized spacial score (nSPS) is 27.4. The lowest BCUT2D eigenvalue weighted by atomic mass is 9.96. The fourth-order valence-corrected chi connectivity index (χ4v) is 6.61. The molecule has 216 valence electrons. The highest BCUT2D eigenvalue weighted by Crippen LogP contribution is 2.36. The number of hydrogen-bond acceptors (Lipinski definition) is 5. The quantitative estimate of drug-likeness (QED) is 0.565. The Kier molecular flexibility index (Phi) is 7.62. The summed E-state index contributed by atoms with van der Waals surface area (Å²) in [6.45, 7) is 2.88. The van der Waals surface area contributed by atoms with Crippen LogP contribution in [0.3, 0.4) is 0 Å². The number of carbonyl (C=O) groups is 2. The maximum Gasteiger partial charge on any atom is 0.416 e. The molecule has 1 aromatic heterocycles. The van der Waals surface area contributed by atoms with Gasteiger partial charge >= 0.3 is 6.18 Å². The van der Waals surface area contributed by atoms with Gasteiger partial charge in [0.1, 0.15) is 0 Å². The summed E-state index contributed by atoms with van der Waals surface area (Å²) in [4.78, 5) is 33.3. The third-order valence-corrected chi connectivity index (χ3v) is 8.73. The molecule has 0 bridgehead atoms. The van der Waals surface area contributed by atoms with E-state index in [1.807, 2.05) is 6.20 Å². The van der Waals surface area contributed by atoms with E-state index in [0.29, 0.717) is 37.7 Å². The molecule has 2 saturated heterocycles. The summed E-state index contributed by atoms with van der Waals surface area (Å²) in [5.74, 6) is -0.882. The lowest BCUT2D eigenvalue weighted by Gasteiger charge is -2.30. The molecule has 2 aromatic rings. The molecule has 3 aliphatic heterocycles. The molecule has 0 spiro atoms. The van der Waals surface area contributed by atoms with Crippen molar-refractivity contribution in [2.24, 2.45) is 0 Å². The number of aryl methyl sites for hydroxylation is 1. The number of nitrogens with one attached hydrogen (secondary N) is 2. The van der Waals surface area contributed by atoms with Crippen LogP contribution in [0, 0.1) is 0 Å². The molecule has 8 nitrogen and oxygen atoms in total. The van der Waals surface area contributed by atoms with Crippen molar-refractivity contribution < 1.29 is 32.2 Å². The van der Waals surface area contributed by atoms with E-state index in [9.17, 15) is 22.8 Å². The number of benzene rings is 1. The molecule has 1 aliphatic carbocycles. The summed E-state index contributed by atoms with van der Waals surface area (Å²) < 4.78 is 52.0. The number of carbonyl (C=O) groups excluding carboxylic acids is 2. The monoisotopic (exact) mass is 560 g/mol. The Bertz CT molecular complexity index is 1240. The maximum atomic E-state index is 13.2. The minimum atomic E-state index is -4.54. The van der Waals surface area contributed by atoms with Gasteiger partial charge in [0.2, 0.25) is 5.91 Å². The van der Waals surface area contributed by atoms with Crippen molar-refractivity contribution in [1.29, 1.82) is 0 Å². The lowest BCUT2D eigenvalue weighted by Crippen LogP contribution is -2.50. The Labute approximate surface area is 231 Å². The molecular formula is C29H35F3N4O4. The molecule has 40 heavy (non-hydrogen) atoms. The van der Waals surface area contributed by atoms with E-state index >= 15 is 0 Å². The largest absolute Gasteiger partial charge is 0.416 e. The van der Waals surface area contributed by atoms with Crippen LogP contribution in [-0.4, -0.2) is 84.2 Å². The van der Waals surface area contributed by atoms with Gasteiger partial charge in [-0.3, -0.25) is 14.5 Å². The van der Waals surface area contributed by atoms with Gasteiger partial charge in [0, 0.05) is 56.3 Å². The Morgan fingerprint density at radius 3 is 2.83 bits per heavy atom. The molecule has 0 saturated carbocycles. The van der Waals surface area contributed by atoms with E-state index in [-0.39, 0.29) is 42.8 Å². The lowest BCUT2D eigenvalue weighted by molar-refractivity contribution is -0.137. The van der Waals surface area contributed by atoms with E-state index < -0.39 is 17.6 Å². The Morgan fingerprint density at radius 1 is 1.10 bits per heavy atom. The predicted molar refractivity (Wildman–Crippen MR) is 140 cm³/mol. The number of likely N-dealkylation sites (tertiary alicyclic amines) is 1. The zero-order chi connectivity index (χ0) is 27.9. The summed E-state index contributed by atoms with van der Waals surface area (Å²) >= 11 is 0. The second-order valence-electron chi connectivity index (χ2n) is 11.3. The minimum Gasteiger partial charge on any atom is -0.381 e. The zero-order valence-corrected chi connectivity index (χ0v) is 22.3. The van der Waals surface area contributed by atoms with Crippen LogP contribution in [0.2, 0.25) is 0 Å². The second-order valence-corrected chi connectivity index (χ2v) is 11.3. The highest BCUT2D eigenvalue weighted by Gasteiger charge is 2.41. The SMILES string of the molecule is O=C(CN1CCc2ccc(C(F)(F)F)cc2C1=O)NC1CN(C2CCCOCC2)C[C@@H]1OC1CCc2cc[nH]c21. The summed E-state index contributed by atoms with van der Waals surface area (Å²) in [5.41, 5.74) is 2.09. The van der Waals surface area contributed by atoms with Gasteiger partial charge in [-0.25, -0.2) is 0 Å². The summed E-state index contributed by atoms with van der Waals surface area (Å²) in [5, 5.41) is 3.11. The fraction of sp³-hybridized carbons (Fsp3) is 0.586. The van der Waals surface area contributed by atoms with Crippen molar-refractivity contribution in [3.8, 4) is 0 Å². The summed E-state index contributed by atoms with van der Waals surface area (Å²) in [7, 11) is 0. The molecule has 2 N–H and O–H groups in total. The minimum absolute atomic E-state index is 0.0145. The number of H-pyrrole nitrogens is 1. The van der Waals surface area contributed by atoms with Gasteiger partial charge in [0.15, 0.2) is 0 Å². The average molecular weight is 561 g/mol. The van der Waals surface area contributed by atoms with Crippen LogP contribution >= 0.6 is 0 Å². The Hall–Kier alpha value is -2.89. The number of alkyl halides is 3. The van der Waals surface area contributed by atoms with E-state index in [2.05, 4.69) is 21.3 Å². The average Bonchev–Trinajstić information content (AvgIpc) is 3.58. The molecule has 4 atom stereocenters. The molecule has 3 unspecified atom stereocenters. The molecule has 0 radical (unpaired) electrons. The molecule has 11 heteroatoms. The molecule has 4 heterocycles. The first-order valence-corrected chi connectivity index (χ1v) is 14.2. The van der Waals surface area contributed by atoms with E-state index in [4.69, 9.17) is 9.47 Å². The van der Waals surface area contributed by atoms with E-state index in [1.54, 1.807) is 0 Å². The number of hydrogen-bond donors (Lipinski definition) is 2. The van der Waals surface area contributed by atoms with Crippen molar-refractivity contribution in [1.82, 2.24) is 20.1 Å².